The topological polar surface area (TPSA) is 56.8 Å². The first-order chi connectivity index (χ1) is 9.59. The van der Waals surface area contributed by atoms with E-state index >= 15 is 0 Å². The van der Waals surface area contributed by atoms with Crippen LogP contribution in [0.2, 0.25) is 0 Å². The summed E-state index contributed by atoms with van der Waals surface area (Å²) in [4.78, 5) is 12.4. The first-order valence-electron chi connectivity index (χ1n) is 6.27. The highest BCUT2D eigenvalue weighted by molar-refractivity contribution is 6.19. The number of alkyl halides is 1. The van der Waals surface area contributed by atoms with Crippen LogP contribution in [0.15, 0.2) is 12.1 Å². The van der Waals surface area contributed by atoms with Crippen molar-refractivity contribution in [2.45, 2.75) is 18.4 Å². The zero-order valence-electron chi connectivity index (χ0n) is 11.8. The molecular weight excluding hydrogens is 282 g/mol. The molecular formula is C14H18ClNO4. The van der Waals surface area contributed by atoms with Crippen molar-refractivity contribution in [3.05, 3.63) is 17.7 Å². The number of amides is 1. The molecule has 6 heteroatoms. The molecule has 1 aromatic carbocycles. The van der Waals surface area contributed by atoms with Crippen molar-refractivity contribution in [3.63, 3.8) is 0 Å². The van der Waals surface area contributed by atoms with E-state index in [4.69, 9.17) is 25.8 Å². The van der Waals surface area contributed by atoms with Crippen molar-refractivity contribution in [2.75, 3.05) is 27.2 Å². The van der Waals surface area contributed by atoms with Gasteiger partial charge in [0.25, 0.3) is 5.91 Å². The highest BCUT2D eigenvalue weighted by Gasteiger charge is 2.43. The van der Waals surface area contributed by atoms with E-state index in [9.17, 15) is 4.79 Å². The quantitative estimate of drug-likeness (QED) is 0.818. The molecule has 0 spiro atoms. The fourth-order valence-electron chi connectivity index (χ4n) is 1.96. The molecule has 1 fully saturated rings. The van der Waals surface area contributed by atoms with Crippen molar-refractivity contribution in [2.24, 2.45) is 0 Å². The molecule has 1 aromatic rings. The summed E-state index contributed by atoms with van der Waals surface area (Å²) < 4.78 is 15.6. The van der Waals surface area contributed by atoms with Gasteiger partial charge in [-0.2, -0.15) is 0 Å². The fraction of sp³-hybridized carbons (Fsp3) is 0.500. The standard InChI is InChI=1S/C14H18ClNO4/c1-18-10-7-12(20-3)11(19-2)6-9(10)13(17)16-14(8-15)4-5-14/h6-7H,4-5,8H2,1-3H3,(H,16,17). The van der Waals surface area contributed by atoms with Crippen LogP contribution in [0.25, 0.3) is 0 Å². The molecule has 110 valence electrons. The number of rotatable bonds is 6. The van der Waals surface area contributed by atoms with Crippen LogP contribution in [0.4, 0.5) is 0 Å². The minimum Gasteiger partial charge on any atom is -0.496 e. The lowest BCUT2D eigenvalue weighted by molar-refractivity contribution is 0.0932. The lowest BCUT2D eigenvalue weighted by Gasteiger charge is -2.17. The van der Waals surface area contributed by atoms with E-state index in [1.807, 2.05) is 0 Å². The van der Waals surface area contributed by atoms with E-state index in [2.05, 4.69) is 5.32 Å². The number of benzene rings is 1. The fourth-order valence-corrected chi connectivity index (χ4v) is 2.29. The van der Waals surface area contributed by atoms with Crippen molar-refractivity contribution in [1.82, 2.24) is 5.32 Å². The Morgan fingerprint density at radius 2 is 1.70 bits per heavy atom. The van der Waals surface area contributed by atoms with Gasteiger partial charge in [0.15, 0.2) is 11.5 Å². The highest BCUT2D eigenvalue weighted by atomic mass is 35.5. The van der Waals surface area contributed by atoms with E-state index in [0.717, 1.165) is 12.8 Å². The van der Waals surface area contributed by atoms with Crippen molar-refractivity contribution >= 4 is 17.5 Å². The molecule has 0 radical (unpaired) electrons. The Bertz CT molecular complexity index is 514. The van der Waals surface area contributed by atoms with Gasteiger partial charge in [0.1, 0.15) is 5.75 Å². The Labute approximate surface area is 123 Å². The van der Waals surface area contributed by atoms with Gasteiger partial charge in [-0.05, 0) is 12.8 Å². The number of carbonyl (C=O) groups excluding carboxylic acids is 1. The molecule has 0 bridgehead atoms. The zero-order valence-corrected chi connectivity index (χ0v) is 12.5. The maximum atomic E-state index is 12.4. The van der Waals surface area contributed by atoms with Crippen molar-refractivity contribution in [1.29, 1.82) is 0 Å². The Balaban J connectivity index is 2.31. The normalized spacial score (nSPS) is 15.4. The Morgan fingerprint density at radius 3 is 2.15 bits per heavy atom. The molecule has 5 nitrogen and oxygen atoms in total. The molecule has 1 aliphatic rings. The Hall–Kier alpha value is -1.62. The van der Waals surface area contributed by atoms with Gasteiger partial charge in [0, 0.05) is 18.0 Å². The maximum Gasteiger partial charge on any atom is 0.255 e. The minimum atomic E-state index is -0.267. The molecule has 1 aliphatic carbocycles. The summed E-state index contributed by atoms with van der Waals surface area (Å²) in [5.41, 5.74) is 0.137. The van der Waals surface area contributed by atoms with Gasteiger partial charge in [-0.1, -0.05) is 0 Å². The number of nitrogens with one attached hydrogen (secondary N) is 1. The van der Waals surface area contributed by atoms with Crippen LogP contribution in [-0.4, -0.2) is 38.7 Å². The molecule has 0 atom stereocenters. The SMILES string of the molecule is COc1cc(OC)c(C(=O)NC2(CCl)CC2)cc1OC. The molecule has 0 aliphatic heterocycles. The predicted molar refractivity (Wildman–Crippen MR) is 76.2 cm³/mol. The van der Waals surface area contributed by atoms with Crippen LogP contribution in [0.3, 0.4) is 0 Å². The van der Waals surface area contributed by atoms with Crippen LogP contribution in [-0.2, 0) is 0 Å². The monoisotopic (exact) mass is 299 g/mol. The second kappa shape index (κ2) is 5.79. The summed E-state index contributed by atoms with van der Waals surface area (Å²) in [6.07, 6.45) is 1.80. The number of methoxy groups -OCH3 is 3. The second-order valence-corrected chi connectivity index (χ2v) is 5.04. The zero-order chi connectivity index (χ0) is 14.8. The summed E-state index contributed by atoms with van der Waals surface area (Å²) in [7, 11) is 4.56. The number of hydrogen-bond acceptors (Lipinski definition) is 4. The van der Waals surface area contributed by atoms with Crippen molar-refractivity contribution in [3.8, 4) is 17.2 Å². The van der Waals surface area contributed by atoms with Gasteiger partial charge in [-0.25, -0.2) is 0 Å². The highest BCUT2D eigenvalue weighted by Crippen LogP contribution is 2.38. The molecule has 0 unspecified atom stereocenters. The van der Waals surface area contributed by atoms with Crippen LogP contribution < -0.4 is 19.5 Å². The maximum absolute atomic E-state index is 12.4. The van der Waals surface area contributed by atoms with E-state index in [1.54, 1.807) is 12.1 Å². The molecule has 1 N–H and O–H groups in total. The summed E-state index contributed by atoms with van der Waals surface area (Å²) in [6, 6.07) is 3.24. The van der Waals surface area contributed by atoms with E-state index in [1.165, 1.54) is 21.3 Å². The lowest BCUT2D eigenvalue weighted by Crippen LogP contribution is -2.38. The number of hydrogen-bond donors (Lipinski definition) is 1. The molecule has 0 heterocycles. The second-order valence-electron chi connectivity index (χ2n) is 4.78. The summed E-state index contributed by atoms with van der Waals surface area (Å²) in [5, 5.41) is 2.95. The molecule has 0 aromatic heterocycles. The van der Waals surface area contributed by atoms with E-state index < -0.39 is 0 Å². The first kappa shape index (κ1) is 14.8. The number of ether oxygens (including phenoxy) is 3. The average molecular weight is 300 g/mol. The third-order valence-electron chi connectivity index (χ3n) is 3.44. The van der Waals surface area contributed by atoms with Crippen LogP contribution in [0.1, 0.15) is 23.2 Å². The average Bonchev–Trinajstić information content (AvgIpc) is 3.25. The van der Waals surface area contributed by atoms with Gasteiger partial charge in [-0.15, -0.1) is 11.6 Å². The number of carbonyl (C=O) groups is 1. The molecule has 0 saturated heterocycles. The lowest BCUT2D eigenvalue weighted by atomic mass is 10.1. The third kappa shape index (κ3) is 2.77. The van der Waals surface area contributed by atoms with Gasteiger partial charge in [-0.3, -0.25) is 4.79 Å². The molecule has 20 heavy (non-hydrogen) atoms. The number of halogens is 1. The van der Waals surface area contributed by atoms with Crippen LogP contribution in [0, 0.1) is 0 Å². The third-order valence-corrected chi connectivity index (χ3v) is 3.95. The van der Waals surface area contributed by atoms with E-state index in [0.29, 0.717) is 28.7 Å². The van der Waals surface area contributed by atoms with Crippen LogP contribution in [0.5, 0.6) is 17.2 Å². The van der Waals surface area contributed by atoms with Crippen LogP contribution >= 0.6 is 11.6 Å². The Kier molecular flexibility index (Phi) is 4.28. The Morgan fingerprint density at radius 1 is 1.15 bits per heavy atom. The summed E-state index contributed by atoms with van der Waals surface area (Å²) in [5.74, 6) is 1.62. The smallest absolute Gasteiger partial charge is 0.255 e. The van der Waals surface area contributed by atoms with E-state index in [-0.39, 0.29) is 11.4 Å². The van der Waals surface area contributed by atoms with Crippen molar-refractivity contribution < 1.29 is 19.0 Å². The van der Waals surface area contributed by atoms with Gasteiger partial charge in [0.05, 0.1) is 32.4 Å². The van der Waals surface area contributed by atoms with Gasteiger partial charge >= 0.3 is 0 Å². The van der Waals surface area contributed by atoms with Gasteiger partial charge in [0.2, 0.25) is 0 Å². The largest absolute Gasteiger partial charge is 0.496 e. The summed E-state index contributed by atoms with van der Waals surface area (Å²) in [6.45, 7) is 0. The summed E-state index contributed by atoms with van der Waals surface area (Å²) >= 11 is 5.88. The molecule has 1 amide bonds. The van der Waals surface area contributed by atoms with Gasteiger partial charge < -0.3 is 19.5 Å². The minimum absolute atomic E-state index is 0.221. The molecule has 2 rings (SSSR count). The molecule has 1 saturated carbocycles. The first-order valence-corrected chi connectivity index (χ1v) is 6.81. The predicted octanol–water partition coefficient (Wildman–Crippen LogP) is 2.21.